The number of fused-ring (bicyclic) bond motifs is 3. The molecule has 0 unspecified atom stereocenters. The van der Waals surface area contributed by atoms with Crippen LogP contribution in [0, 0.1) is 53.4 Å². The van der Waals surface area contributed by atoms with E-state index in [4.69, 9.17) is 66.2 Å². The van der Waals surface area contributed by atoms with Gasteiger partial charge in [-0.3, -0.25) is 29.3 Å². The molecule has 9 rings (SSSR count). The van der Waals surface area contributed by atoms with Crippen molar-refractivity contribution in [2.75, 3.05) is 59.8 Å². The summed E-state index contributed by atoms with van der Waals surface area (Å²) in [4.78, 5) is 83.1. The summed E-state index contributed by atoms with van der Waals surface area (Å²) >= 11 is 18.8. The van der Waals surface area contributed by atoms with Gasteiger partial charge in [-0.1, -0.05) is 62.5 Å². The van der Waals surface area contributed by atoms with Gasteiger partial charge in [0, 0.05) is 94.5 Å². The molecular formula is C57H72Cl3N15O7. The number of Topliss-reactive ketones (excluding diaryl/α,β-unsaturated/α-hetero) is 3. The molecule has 82 heavy (non-hydrogen) atoms. The molecule has 0 radical (unpaired) electrons. The third-order valence-electron chi connectivity index (χ3n) is 14.8. The first-order valence-corrected chi connectivity index (χ1v) is 27.9. The number of hydrogen-bond donors (Lipinski definition) is 4. The van der Waals surface area contributed by atoms with E-state index in [-0.39, 0.29) is 101 Å². The molecule has 0 aromatic carbocycles. The highest BCUT2D eigenvalue weighted by atomic mass is 35.5. The van der Waals surface area contributed by atoms with Crippen LogP contribution < -0.4 is 46.1 Å². The molecule has 25 heteroatoms. The van der Waals surface area contributed by atoms with Crippen molar-refractivity contribution in [1.82, 2.24) is 44.9 Å². The summed E-state index contributed by atoms with van der Waals surface area (Å²) in [5.41, 5.74) is 27.3. The van der Waals surface area contributed by atoms with Crippen molar-refractivity contribution in [1.29, 1.82) is 0 Å². The van der Waals surface area contributed by atoms with E-state index >= 15 is 0 Å². The smallest absolute Gasteiger partial charge is 0.223 e. The minimum atomic E-state index is -0.540. The van der Waals surface area contributed by atoms with E-state index in [1.165, 1.54) is 0 Å². The maximum Gasteiger partial charge on any atom is 0.223 e. The zero-order chi connectivity index (χ0) is 60.2. The number of aromatic nitrogens is 9. The van der Waals surface area contributed by atoms with Crippen molar-refractivity contribution in [2.45, 2.75) is 139 Å². The Labute approximate surface area is 492 Å². The van der Waals surface area contributed by atoms with Gasteiger partial charge in [0.15, 0.2) is 17.3 Å². The number of nitrogen functional groups attached to an aromatic ring is 3. The van der Waals surface area contributed by atoms with Gasteiger partial charge >= 0.3 is 0 Å². The molecule has 0 aliphatic carbocycles. The minimum absolute atomic E-state index is 0.0343. The van der Waals surface area contributed by atoms with Gasteiger partial charge in [0.05, 0.1) is 76.2 Å². The summed E-state index contributed by atoms with van der Waals surface area (Å²) in [5, 5.41) is 10.1. The summed E-state index contributed by atoms with van der Waals surface area (Å²) in [7, 11) is 4.90. The lowest BCUT2D eigenvalue weighted by molar-refractivity contribution is -0.121. The molecule has 0 saturated carbocycles. The first-order valence-electron chi connectivity index (χ1n) is 26.8. The number of nitrogens with two attached hydrogens (primary N) is 3. The SMILES string of the molecule is COc1c(C)cnc(CN2c3nc(N)nc(Cl)c3CC(=O)[C@@H]2C(C)C)c1C.COc1c(C)cnc(CN2c3nc(N)nc(Cl)c3CC(=O)[C@@H]2CC(C)C)c1C.COc1c(C)cnc(CN2c3nc(N)nc(Cl)c3CC(=O)[C@@H]2CCO)c1C. The molecule has 6 aromatic rings. The van der Waals surface area contributed by atoms with Gasteiger partial charge in [0.25, 0.3) is 0 Å². The number of anilines is 6. The van der Waals surface area contributed by atoms with Gasteiger partial charge in [-0.25, -0.2) is 15.0 Å². The van der Waals surface area contributed by atoms with Crippen LogP contribution in [0.3, 0.4) is 0 Å². The Morgan fingerprint density at radius 1 is 0.537 bits per heavy atom. The fourth-order valence-corrected chi connectivity index (χ4v) is 11.7. The number of pyridine rings is 3. The van der Waals surface area contributed by atoms with Crippen LogP contribution in [-0.4, -0.2) is 113 Å². The molecule has 7 N–H and O–H groups in total. The average Bonchev–Trinajstić information content (AvgIpc) is 2.59. The number of carbonyl (C=O) groups excluding carboxylic acids is 3. The van der Waals surface area contributed by atoms with Gasteiger partial charge in [-0.05, 0) is 66.2 Å². The number of aryl methyl sites for hydroxylation is 3. The van der Waals surface area contributed by atoms with Gasteiger partial charge in [0.1, 0.15) is 50.2 Å². The standard InChI is InChI=1S/C20H26ClN5O2.C19H24ClN5O2.C18H22ClN5O3/c1-10(2)6-15-16(27)7-13-18(21)24-20(22)25-19(13)26(15)9-14-12(4)17(28-5)11(3)8-23-14;1-9(2)15-14(26)6-12-17(20)23-19(21)24-18(12)25(15)8-13-11(4)16(27-5)10(3)7-22-13;1-9-7-21-12(10(2)15(9)27-3)8-24-13(4-5-25)14(26)6-11-16(19)22-18(20)23-17(11)24/h8,10,15H,6-7,9H2,1-5H3,(H2,22,24,25);7,9,15H,6,8H2,1-5H3,(H2,21,23,24);7,13,25H,4-6,8H2,1-3H3,(H2,20,22,23)/t2*15-;13-/m000/s1. The lowest BCUT2D eigenvalue weighted by atomic mass is 9.90. The molecule has 6 aromatic heterocycles. The topological polar surface area (TPSA) is 303 Å². The third-order valence-corrected chi connectivity index (χ3v) is 15.8. The Balaban J connectivity index is 0.000000177. The Morgan fingerprint density at radius 2 is 0.866 bits per heavy atom. The van der Waals surface area contributed by atoms with Crippen LogP contribution in [0.5, 0.6) is 17.2 Å². The van der Waals surface area contributed by atoms with Crippen LogP contribution >= 0.6 is 34.8 Å². The van der Waals surface area contributed by atoms with Gasteiger partial charge in [0.2, 0.25) is 17.8 Å². The zero-order valence-corrected chi connectivity index (χ0v) is 50.9. The van der Waals surface area contributed by atoms with E-state index < -0.39 is 6.04 Å². The third kappa shape index (κ3) is 13.1. The van der Waals surface area contributed by atoms with Crippen molar-refractivity contribution in [3.8, 4) is 17.2 Å². The maximum atomic E-state index is 13.0. The number of halogens is 3. The second-order valence-corrected chi connectivity index (χ2v) is 22.4. The van der Waals surface area contributed by atoms with Gasteiger partial charge in [-0.15, -0.1) is 0 Å². The summed E-state index contributed by atoms with van der Waals surface area (Å²) in [6, 6.07) is -1.19. The molecule has 438 valence electrons. The van der Waals surface area contributed by atoms with Crippen molar-refractivity contribution in [3.63, 3.8) is 0 Å². The molecule has 9 heterocycles. The highest BCUT2D eigenvalue weighted by molar-refractivity contribution is 6.31. The minimum Gasteiger partial charge on any atom is -0.496 e. The fourth-order valence-electron chi connectivity index (χ4n) is 11.0. The Kier molecular flexibility index (Phi) is 20.0. The lowest BCUT2D eigenvalue weighted by Gasteiger charge is -2.39. The summed E-state index contributed by atoms with van der Waals surface area (Å²) in [6.45, 7) is 20.9. The molecule has 22 nitrogen and oxygen atoms in total. The van der Waals surface area contributed by atoms with Gasteiger partial charge in [-0.2, -0.15) is 15.0 Å². The molecule has 0 spiro atoms. The Morgan fingerprint density at radius 3 is 1.21 bits per heavy atom. The number of ketones is 3. The second kappa shape index (κ2) is 26.3. The number of methoxy groups -OCH3 is 3. The summed E-state index contributed by atoms with van der Waals surface area (Å²) < 4.78 is 16.5. The highest BCUT2D eigenvalue weighted by Crippen LogP contribution is 2.40. The molecule has 3 aliphatic rings. The largest absolute Gasteiger partial charge is 0.496 e. The monoisotopic (exact) mass is 1180 g/mol. The fraction of sp³-hybridized carbons (Fsp3) is 0.474. The number of aliphatic hydroxyl groups is 1. The van der Waals surface area contributed by atoms with Crippen LogP contribution in [0.2, 0.25) is 15.5 Å². The molecule has 0 bridgehead atoms. The predicted octanol–water partition coefficient (Wildman–Crippen LogP) is 7.78. The summed E-state index contributed by atoms with van der Waals surface area (Å²) in [5.74, 6) is 4.86. The zero-order valence-electron chi connectivity index (χ0n) is 48.6. The van der Waals surface area contributed by atoms with E-state index in [9.17, 15) is 19.5 Å². The molecular weight excluding hydrogens is 1110 g/mol. The van der Waals surface area contributed by atoms with Crippen LogP contribution in [0.15, 0.2) is 18.6 Å². The summed E-state index contributed by atoms with van der Waals surface area (Å²) in [6.07, 6.45) is 6.81. The van der Waals surface area contributed by atoms with Crippen LogP contribution in [0.1, 0.15) is 108 Å². The van der Waals surface area contributed by atoms with E-state index in [1.54, 1.807) is 44.8 Å². The first kappa shape index (κ1) is 62.3. The van der Waals surface area contributed by atoms with Crippen molar-refractivity contribution in [3.05, 3.63) is 101 Å². The van der Waals surface area contributed by atoms with E-state index in [0.717, 1.165) is 67.7 Å². The number of aliphatic hydroxyl groups excluding tert-OH is 1. The van der Waals surface area contributed by atoms with Crippen molar-refractivity contribution in [2.24, 2.45) is 11.8 Å². The molecule has 3 aliphatic heterocycles. The van der Waals surface area contributed by atoms with Crippen molar-refractivity contribution >= 4 is 87.5 Å². The maximum absolute atomic E-state index is 13.0. The second-order valence-electron chi connectivity index (χ2n) is 21.3. The molecule has 0 saturated heterocycles. The first-order chi connectivity index (χ1) is 38.8. The number of hydrogen-bond acceptors (Lipinski definition) is 22. The Bertz CT molecular complexity index is 3410. The number of nitrogens with zero attached hydrogens (tertiary/aromatic N) is 12. The lowest BCUT2D eigenvalue weighted by Crippen LogP contribution is -2.49. The number of rotatable bonds is 14. The average molecular weight is 1190 g/mol. The van der Waals surface area contributed by atoms with Crippen LogP contribution in [0.4, 0.5) is 35.3 Å². The van der Waals surface area contributed by atoms with Crippen LogP contribution in [0.25, 0.3) is 0 Å². The molecule has 3 atom stereocenters. The Hall–Kier alpha value is -7.27. The number of carbonyl (C=O) groups is 3. The predicted molar refractivity (Wildman–Crippen MR) is 317 cm³/mol. The number of ether oxygens (including phenoxy) is 3. The van der Waals surface area contributed by atoms with E-state index in [1.807, 2.05) is 65.2 Å². The molecule has 0 fully saturated rings. The van der Waals surface area contributed by atoms with Crippen LogP contribution in [-0.2, 0) is 53.3 Å². The molecule has 0 amide bonds. The van der Waals surface area contributed by atoms with E-state index in [0.29, 0.717) is 66.1 Å². The quantitative estimate of drug-likeness (QED) is 0.0756. The van der Waals surface area contributed by atoms with Gasteiger partial charge < -0.3 is 51.2 Å². The van der Waals surface area contributed by atoms with Crippen molar-refractivity contribution < 1.29 is 33.7 Å². The van der Waals surface area contributed by atoms with E-state index in [2.05, 4.69) is 58.7 Å². The normalized spacial score (nSPS) is 16.5. The highest BCUT2D eigenvalue weighted by Gasteiger charge is 2.40.